The Kier molecular flexibility index (Phi) is 4.35. The van der Waals surface area contributed by atoms with Crippen LogP contribution in [0.15, 0.2) is 60.8 Å². The predicted molar refractivity (Wildman–Crippen MR) is 93.8 cm³/mol. The molecule has 0 unspecified atom stereocenters. The van der Waals surface area contributed by atoms with Crippen molar-refractivity contribution in [2.45, 2.75) is 13.5 Å². The summed E-state index contributed by atoms with van der Waals surface area (Å²) in [4.78, 5) is 22.2. The lowest BCUT2D eigenvalue weighted by atomic mass is 10.0. The molecule has 0 spiro atoms. The lowest BCUT2D eigenvalue weighted by molar-refractivity contribution is -0.384. The van der Waals surface area contributed by atoms with Crippen molar-refractivity contribution in [1.82, 2.24) is 4.57 Å². The Morgan fingerprint density at radius 3 is 2.32 bits per heavy atom. The van der Waals surface area contributed by atoms with Gasteiger partial charge in [0.15, 0.2) is 0 Å². The molecule has 1 aromatic heterocycles. The molecule has 0 aliphatic carbocycles. The van der Waals surface area contributed by atoms with Crippen LogP contribution in [0.5, 0.6) is 0 Å². The number of benzene rings is 2. The third-order valence-corrected chi connectivity index (χ3v) is 4.03. The van der Waals surface area contributed by atoms with Crippen LogP contribution in [0, 0.1) is 17.0 Å². The van der Waals surface area contributed by atoms with Crippen molar-refractivity contribution in [3.05, 3.63) is 87.7 Å². The van der Waals surface area contributed by atoms with Gasteiger partial charge in [0.25, 0.3) is 5.69 Å². The third-order valence-electron chi connectivity index (χ3n) is 4.03. The standard InChI is InChI=1S/C19H16N2O4/c1-13-11-20(12-14-5-3-2-4-6-14)18(19(22)23)17(13)15-7-9-16(10-8-15)21(24)25/h2-11H,12H2,1H3,(H,22,23). The first-order valence-electron chi connectivity index (χ1n) is 7.69. The number of hydrogen-bond donors (Lipinski definition) is 1. The molecule has 0 amide bonds. The highest BCUT2D eigenvalue weighted by molar-refractivity contribution is 5.96. The number of nitro benzene ring substituents is 1. The van der Waals surface area contributed by atoms with Crippen LogP contribution in [-0.4, -0.2) is 20.6 Å². The molecule has 6 nitrogen and oxygen atoms in total. The number of carbonyl (C=O) groups is 1. The summed E-state index contributed by atoms with van der Waals surface area (Å²) in [7, 11) is 0. The third kappa shape index (κ3) is 3.28. The van der Waals surface area contributed by atoms with Gasteiger partial charge in [-0.05, 0) is 35.7 Å². The average molecular weight is 336 g/mol. The maximum absolute atomic E-state index is 11.9. The molecule has 0 aliphatic rings. The summed E-state index contributed by atoms with van der Waals surface area (Å²) >= 11 is 0. The fourth-order valence-corrected chi connectivity index (χ4v) is 2.94. The zero-order valence-electron chi connectivity index (χ0n) is 13.5. The Labute approximate surface area is 144 Å². The van der Waals surface area contributed by atoms with Crippen LogP contribution in [0.25, 0.3) is 11.1 Å². The van der Waals surface area contributed by atoms with Gasteiger partial charge in [-0.15, -0.1) is 0 Å². The lowest BCUT2D eigenvalue weighted by Crippen LogP contribution is -2.09. The maximum atomic E-state index is 11.9. The Hall–Kier alpha value is -3.41. The number of aromatic nitrogens is 1. The Morgan fingerprint density at radius 1 is 1.12 bits per heavy atom. The van der Waals surface area contributed by atoms with Crippen LogP contribution >= 0.6 is 0 Å². The normalized spacial score (nSPS) is 10.6. The largest absolute Gasteiger partial charge is 0.477 e. The van der Waals surface area contributed by atoms with E-state index in [4.69, 9.17) is 0 Å². The van der Waals surface area contributed by atoms with E-state index in [1.807, 2.05) is 37.3 Å². The van der Waals surface area contributed by atoms with E-state index in [9.17, 15) is 20.0 Å². The topological polar surface area (TPSA) is 85.4 Å². The van der Waals surface area contributed by atoms with Gasteiger partial charge in [-0.1, -0.05) is 30.3 Å². The van der Waals surface area contributed by atoms with Gasteiger partial charge >= 0.3 is 5.97 Å². The summed E-state index contributed by atoms with van der Waals surface area (Å²) in [5.74, 6) is -1.03. The summed E-state index contributed by atoms with van der Waals surface area (Å²) in [6.07, 6.45) is 1.80. The minimum atomic E-state index is -1.03. The Bertz CT molecular complexity index is 928. The quantitative estimate of drug-likeness (QED) is 0.561. The van der Waals surface area contributed by atoms with Crippen molar-refractivity contribution in [3.8, 4) is 11.1 Å². The molecule has 0 fully saturated rings. The second kappa shape index (κ2) is 6.60. The highest BCUT2D eigenvalue weighted by Gasteiger charge is 2.21. The van der Waals surface area contributed by atoms with Gasteiger partial charge in [0.05, 0.1) is 4.92 Å². The summed E-state index contributed by atoms with van der Waals surface area (Å²) in [6, 6.07) is 15.5. The number of hydrogen-bond acceptors (Lipinski definition) is 3. The van der Waals surface area contributed by atoms with Crippen molar-refractivity contribution >= 4 is 11.7 Å². The van der Waals surface area contributed by atoms with Crippen LogP contribution in [0.2, 0.25) is 0 Å². The minimum Gasteiger partial charge on any atom is -0.477 e. The van der Waals surface area contributed by atoms with Gasteiger partial charge < -0.3 is 9.67 Å². The summed E-state index contributed by atoms with van der Waals surface area (Å²) in [5.41, 5.74) is 3.18. The number of nitro groups is 1. The molecule has 0 radical (unpaired) electrons. The molecule has 2 aromatic carbocycles. The highest BCUT2D eigenvalue weighted by Crippen LogP contribution is 2.31. The predicted octanol–water partition coefficient (Wildman–Crippen LogP) is 4.12. The molecule has 0 atom stereocenters. The first kappa shape index (κ1) is 16.4. The monoisotopic (exact) mass is 336 g/mol. The van der Waals surface area contributed by atoms with Crippen molar-refractivity contribution < 1.29 is 14.8 Å². The molecular weight excluding hydrogens is 320 g/mol. The van der Waals surface area contributed by atoms with Crippen molar-refractivity contribution in [2.24, 2.45) is 0 Å². The molecule has 6 heteroatoms. The molecule has 1 N–H and O–H groups in total. The van der Waals surface area contributed by atoms with E-state index in [1.165, 1.54) is 12.1 Å². The molecule has 0 bridgehead atoms. The van der Waals surface area contributed by atoms with E-state index >= 15 is 0 Å². The molecule has 1 heterocycles. The van der Waals surface area contributed by atoms with Crippen LogP contribution in [-0.2, 0) is 6.54 Å². The Balaban J connectivity index is 2.07. The number of aryl methyl sites for hydroxylation is 1. The van der Waals surface area contributed by atoms with E-state index in [1.54, 1.807) is 22.9 Å². The van der Waals surface area contributed by atoms with Gasteiger partial charge in [-0.25, -0.2) is 4.79 Å². The second-order valence-corrected chi connectivity index (χ2v) is 5.76. The first-order chi connectivity index (χ1) is 12.0. The zero-order chi connectivity index (χ0) is 18.0. The minimum absolute atomic E-state index is 0.0259. The molecule has 126 valence electrons. The first-order valence-corrected chi connectivity index (χ1v) is 7.69. The summed E-state index contributed by atoms with van der Waals surface area (Å²) < 4.78 is 1.70. The van der Waals surface area contributed by atoms with Gasteiger partial charge in [0, 0.05) is 30.4 Å². The Morgan fingerprint density at radius 2 is 1.76 bits per heavy atom. The number of nitrogens with zero attached hydrogens (tertiary/aromatic N) is 2. The number of rotatable bonds is 5. The van der Waals surface area contributed by atoms with Crippen molar-refractivity contribution in [3.63, 3.8) is 0 Å². The molecule has 25 heavy (non-hydrogen) atoms. The zero-order valence-corrected chi connectivity index (χ0v) is 13.5. The van der Waals surface area contributed by atoms with E-state index in [0.29, 0.717) is 17.7 Å². The number of carboxylic acids is 1. The van der Waals surface area contributed by atoms with Crippen LogP contribution in [0.1, 0.15) is 21.6 Å². The molecular formula is C19H16N2O4. The molecule has 3 rings (SSSR count). The van der Waals surface area contributed by atoms with E-state index < -0.39 is 10.9 Å². The van der Waals surface area contributed by atoms with E-state index in [-0.39, 0.29) is 11.4 Å². The van der Waals surface area contributed by atoms with Gasteiger partial charge in [-0.3, -0.25) is 10.1 Å². The van der Waals surface area contributed by atoms with E-state index in [0.717, 1.165) is 11.1 Å². The molecule has 0 saturated heterocycles. The van der Waals surface area contributed by atoms with Crippen molar-refractivity contribution in [1.29, 1.82) is 0 Å². The fourth-order valence-electron chi connectivity index (χ4n) is 2.94. The fraction of sp³-hybridized carbons (Fsp3) is 0.105. The van der Waals surface area contributed by atoms with Crippen LogP contribution < -0.4 is 0 Å². The SMILES string of the molecule is Cc1cn(Cc2ccccc2)c(C(=O)O)c1-c1ccc([N+](=O)[O-])cc1. The molecule has 3 aromatic rings. The lowest BCUT2D eigenvalue weighted by Gasteiger charge is -2.08. The smallest absolute Gasteiger partial charge is 0.353 e. The summed E-state index contributed by atoms with van der Waals surface area (Å²) in [6.45, 7) is 2.28. The maximum Gasteiger partial charge on any atom is 0.353 e. The van der Waals surface area contributed by atoms with Gasteiger partial charge in [0.1, 0.15) is 5.69 Å². The number of non-ortho nitro benzene ring substituents is 1. The average Bonchev–Trinajstić information content (AvgIpc) is 2.92. The molecule has 0 aliphatic heterocycles. The molecule has 0 saturated carbocycles. The van der Waals surface area contributed by atoms with Crippen molar-refractivity contribution in [2.75, 3.05) is 0 Å². The summed E-state index contributed by atoms with van der Waals surface area (Å²) in [5, 5.41) is 20.5. The number of carboxylic acid groups (broad SMARTS) is 1. The highest BCUT2D eigenvalue weighted by atomic mass is 16.6. The van der Waals surface area contributed by atoms with E-state index in [2.05, 4.69) is 0 Å². The number of aromatic carboxylic acids is 1. The second-order valence-electron chi connectivity index (χ2n) is 5.76. The van der Waals surface area contributed by atoms with Crippen LogP contribution in [0.3, 0.4) is 0 Å². The van der Waals surface area contributed by atoms with Gasteiger partial charge in [-0.2, -0.15) is 0 Å². The van der Waals surface area contributed by atoms with Crippen LogP contribution in [0.4, 0.5) is 5.69 Å². The van der Waals surface area contributed by atoms with Gasteiger partial charge in [0.2, 0.25) is 0 Å².